The first kappa shape index (κ1) is 13.4. The molecule has 1 aromatic carbocycles. The van der Waals surface area contributed by atoms with Gasteiger partial charge in [-0.2, -0.15) is 0 Å². The van der Waals surface area contributed by atoms with Crippen LogP contribution >= 0.6 is 0 Å². The Morgan fingerprint density at radius 1 is 1.17 bits per heavy atom. The highest BCUT2D eigenvalue weighted by Gasteiger charge is 2.25. The van der Waals surface area contributed by atoms with Crippen LogP contribution < -0.4 is 10.5 Å². The van der Waals surface area contributed by atoms with Crippen LogP contribution in [0.15, 0.2) is 30.3 Å². The van der Waals surface area contributed by atoms with Gasteiger partial charge in [-0.15, -0.1) is 0 Å². The minimum absolute atomic E-state index is 0.183. The summed E-state index contributed by atoms with van der Waals surface area (Å²) in [7, 11) is 0. The summed E-state index contributed by atoms with van der Waals surface area (Å²) in [5.74, 6) is 2.51. The summed E-state index contributed by atoms with van der Waals surface area (Å²) in [6.07, 6.45) is 6.57. The van der Waals surface area contributed by atoms with Gasteiger partial charge in [0.15, 0.2) is 0 Å². The second kappa shape index (κ2) is 6.79. The van der Waals surface area contributed by atoms with E-state index < -0.39 is 0 Å². The van der Waals surface area contributed by atoms with Crippen molar-refractivity contribution in [3.8, 4) is 5.75 Å². The van der Waals surface area contributed by atoms with E-state index in [2.05, 4.69) is 6.92 Å². The second-order valence-corrected chi connectivity index (χ2v) is 5.48. The molecule has 1 saturated carbocycles. The van der Waals surface area contributed by atoms with E-state index >= 15 is 0 Å². The number of rotatable bonds is 5. The number of benzene rings is 1. The van der Waals surface area contributed by atoms with Crippen LogP contribution in [-0.4, -0.2) is 12.6 Å². The highest BCUT2D eigenvalue weighted by atomic mass is 16.5. The first-order chi connectivity index (χ1) is 8.79. The van der Waals surface area contributed by atoms with Crippen molar-refractivity contribution in [2.24, 2.45) is 17.6 Å². The molecule has 0 spiro atoms. The van der Waals surface area contributed by atoms with Gasteiger partial charge in [0.1, 0.15) is 12.4 Å². The van der Waals surface area contributed by atoms with Gasteiger partial charge in [0, 0.05) is 6.04 Å². The van der Waals surface area contributed by atoms with Crippen molar-refractivity contribution in [1.29, 1.82) is 0 Å². The molecule has 1 aromatic rings. The molecule has 0 aromatic heterocycles. The van der Waals surface area contributed by atoms with Gasteiger partial charge in [-0.25, -0.2) is 0 Å². The van der Waals surface area contributed by atoms with E-state index in [-0.39, 0.29) is 6.04 Å². The molecule has 2 rings (SSSR count). The number of nitrogens with two attached hydrogens (primary N) is 1. The van der Waals surface area contributed by atoms with E-state index in [9.17, 15) is 0 Å². The van der Waals surface area contributed by atoms with Gasteiger partial charge in [-0.3, -0.25) is 0 Å². The van der Waals surface area contributed by atoms with Gasteiger partial charge in [0.25, 0.3) is 0 Å². The van der Waals surface area contributed by atoms with Crippen LogP contribution in [0.5, 0.6) is 5.75 Å². The highest BCUT2D eigenvalue weighted by molar-refractivity contribution is 5.20. The van der Waals surface area contributed by atoms with Crippen LogP contribution in [0.2, 0.25) is 0 Å². The Hall–Kier alpha value is -1.02. The van der Waals surface area contributed by atoms with Gasteiger partial charge >= 0.3 is 0 Å². The highest BCUT2D eigenvalue weighted by Crippen LogP contribution is 2.32. The Morgan fingerprint density at radius 2 is 1.83 bits per heavy atom. The van der Waals surface area contributed by atoms with E-state index in [1.807, 2.05) is 30.3 Å². The molecule has 18 heavy (non-hydrogen) atoms. The third-order valence-electron chi connectivity index (χ3n) is 4.26. The smallest absolute Gasteiger partial charge is 0.119 e. The predicted octanol–water partition coefficient (Wildman–Crippen LogP) is 3.61. The second-order valence-electron chi connectivity index (χ2n) is 5.48. The summed E-state index contributed by atoms with van der Waals surface area (Å²) in [4.78, 5) is 0. The monoisotopic (exact) mass is 247 g/mol. The van der Waals surface area contributed by atoms with Crippen molar-refractivity contribution in [3.63, 3.8) is 0 Å². The zero-order valence-electron chi connectivity index (χ0n) is 11.3. The average Bonchev–Trinajstić information content (AvgIpc) is 2.46. The lowest BCUT2D eigenvalue weighted by molar-refractivity contribution is 0.188. The third-order valence-corrected chi connectivity index (χ3v) is 4.26. The average molecular weight is 247 g/mol. The van der Waals surface area contributed by atoms with Crippen molar-refractivity contribution in [2.75, 3.05) is 6.61 Å². The zero-order valence-corrected chi connectivity index (χ0v) is 11.3. The lowest BCUT2D eigenvalue weighted by Crippen LogP contribution is -2.38. The summed E-state index contributed by atoms with van der Waals surface area (Å²) in [6, 6.07) is 10.1. The number of hydrogen-bond donors (Lipinski definition) is 1. The van der Waals surface area contributed by atoms with Gasteiger partial charge in [0.05, 0.1) is 0 Å². The molecule has 100 valence electrons. The van der Waals surface area contributed by atoms with Gasteiger partial charge < -0.3 is 10.5 Å². The molecular formula is C16H25NO. The molecule has 0 radical (unpaired) electrons. The van der Waals surface area contributed by atoms with Crippen molar-refractivity contribution in [3.05, 3.63) is 30.3 Å². The maximum Gasteiger partial charge on any atom is 0.119 e. The molecule has 0 saturated heterocycles. The first-order valence-corrected chi connectivity index (χ1v) is 7.23. The fourth-order valence-corrected chi connectivity index (χ4v) is 2.87. The first-order valence-electron chi connectivity index (χ1n) is 7.23. The fraction of sp³-hybridized carbons (Fsp3) is 0.625. The van der Waals surface area contributed by atoms with Crippen molar-refractivity contribution >= 4 is 0 Å². The summed E-state index contributed by atoms with van der Waals surface area (Å²) >= 11 is 0. The Kier molecular flexibility index (Phi) is 5.06. The third kappa shape index (κ3) is 3.74. The van der Waals surface area contributed by atoms with Crippen LogP contribution in [0, 0.1) is 11.8 Å². The topological polar surface area (TPSA) is 35.2 Å². The molecule has 2 heteroatoms. The fourth-order valence-electron chi connectivity index (χ4n) is 2.87. The minimum atomic E-state index is 0.183. The molecule has 2 nitrogen and oxygen atoms in total. The molecule has 0 heterocycles. The van der Waals surface area contributed by atoms with E-state index in [4.69, 9.17) is 10.5 Å². The molecule has 0 aliphatic heterocycles. The van der Waals surface area contributed by atoms with Crippen LogP contribution in [0.4, 0.5) is 0 Å². The summed E-state index contributed by atoms with van der Waals surface area (Å²) < 4.78 is 5.75. The van der Waals surface area contributed by atoms with E-state index in [1.54, 1.807) is 0 Å². The van der Waals surface area contributed by atoms with Crippen LogP contribution in [0.3, 0.4) is 0 Å². The Morgan fingerprint density at radius 3 is 2.44 bits per heavy atom. The van der Waals surface area contributed by atoms with E-state index in [0.29, 0.717) is 12.5 Å². The van der Waals surface area contributed by atoms with Crippen molar-refractivity contribution in [2.45, 2.75) is 45.1 Å². The van der Waals surface area contributed by atoms with Crippen LogP contribution in [0.25, 0.3) is 0 Å². The van der Waals surface area contributed by atoms with Crippen LogP contribution in [-0.2, 0) is 0 Å². The van der Waals surface area contributed by atoms with Crippen molar-refractivity contribution < 1.29 is 4.74 Å². The normalized spacial score (nSPS) is 25.7. The Balaban J connectivity index is 1.73. The maximum atomic E-state index is 6.26. The minimum Gasteiger partial charge on any atom is -0.492 e. The summed E-state index contributed by atoms with van der Waals surface area (Å²) in [6.45, 7) is 2.94. The molecule has 0 amide bonds. The molecule has 1 aliphatic rings. The SMILES string of the molecule is CCC1CCC(C(N)COc2ccccc2)CC1. The van der Waals surface area contributed by atoms with Crippen molar-refractivity contribution in [1.82, 2.24) is 0 Å². The molecule has 0 bridgehead atoms. The summed E-state index contributed by atoms with van der Waals surface area (Å²) in [5, 5.41) is 0. The lowest BCUT2D eigenvalue weighted by Gasteiger charge is -2.31. The number of hydrogen-bond acceptors (Lipinski definition) is 2. The largest absolute Gasteiger partial charge is 0.492 e. The number of ether oxygens (including phenoxy) is 1. The molecule has 1 aliphatic carbocycles. The van der Waals surface area contributed by atoms with E-state index in [0.717, 1.165) is 11.7 Å². The Labute approximate surface area is 111 Å². The standard InChI is InChI=1S/C16H25NO/c1-2-13-8-10-14(11-9-13)16(17)12-18-15-6-4-3-5-7-15/h3-7,13-14,16H,2,8-12,17H2,1H3. The predicted molar refractivity (Wildman–Crippen MR) is 75.7 cm³/mol. The lowest BCUT2D eigenvalue weighted by atomic mass is 9.78. The molecule has 2 N–H and O–H groups in total. The molecule has 1 atom stereocenters. The number of para-hydroxylation sites is 1. The van der Waals surface area contributed by atoms with E-state index in [1.165, 1.54) is 32.1 Å². The van der Waals surface area contributed by atoms with Gasteiger partial charge in [0.2, 0.25) is 0 Å². The quantitative estimate of drug-likeness (QED) is 0.862. The molecule has 1 fully saturated rings. The zero-order chi connectivity index (χ0) is 12.8. The molecular weight excluding hydrogens is 222 g/mol. The van der Waals surface area contributed by atoms with Gasteiger partial charge in [-0.1, -0.05) is 44.4 Å². The molecule has 1 unspecified atom stereocenters. The van der Waals surface area contributed by atoms with Gasteiger partial charge in [-0.05, 0) is 36.8 Å². The van der Waals surface area contributed by atoms with Crippen LogP contribution in [0.1, 0.15) is 39.0 Å². The summed E-state index contributed by atoms with van der Waals surface area (Å²) in [5.41, 5.74) is 6.26. The Bertz CT molecular complexity index is 330. The maximum absolute atomic E-state index is 6.26.